The molecular weight excluding hydrogens is 277 g/mol. The van der Waals surface area contributed by atoms with Gasteiger partial charge in [-0.2, -0.15) is 0 Å². The van der Waals surface area contributed by atoms with Crippen molar-refractivity contribution in [1.29, 1.82) is 0 Å². The van der Waals surface area contributed by atoms with Crippen LogP contribution >= 0.6 is 0 Å². The topological polar surface area (TPSA) is 48.0 Å². The van der Waals surface area contributed by atoms with Crippen LogP contribution in [-0.4, -0.2) is 56.9 Å². The van der Waals surface area contributed by atoms with Crippen LogP contribution in [0.5, 0.6) is 5.75 Å². The standard InChI is InChI=1S/C15H20FNO4/c1-19-15(18)10-14-11-17(7-9-21-14)6-8-20-13-4-2-12(16)3-5-13/h2-5,14H,6-11H2,1H3. The van der Waals surface area contributed by atoms with E-state index in [1.54, 1.807) is 12.1 Å². The van der Waals surface area contributed by atoms with Crippen LogP contribution in [0, 0.1) is 5.82 Å². The van der Waals surface area contributed by atoms with Crippen LogP contribution < -0.4 is 4.74 Å². The summed E-state index contributed by atoms with van der Waals surface area (Å²) in [6, 6.07) is 5.95. The van der Waals surface area contributed by atoms with E-state index in [9.17, 15) is 9.18 Å². The summed E-state index contributed by atoms with van der Waals surface area (Å²) < 4.78 is 28.5. The summed E-state index contributed by atoms with van der Waals surface area (Å²) in [5.74, 6) is 0.112. The molecule has 0 bridgehead atoms. The first kappa shape index (κ1) is 15.7. The second-order valence-electron chi connectivity index (χ2n) is 4.88. The molecule has 1 unspecified atom stereocenters. The van der Waals surface area contributed by atoms with Crippen molar-refractivity contribution in [2.24, 2.45) is 0 Å². The van der Waals surface area contributed by atoms with E-state index in [0.29, 0.717) is 25.5 Å². The van der Waals surface area contributed by atoms with E-state index in [4.69, 9.17) is 9.47 Å². The maximum absolute atomic E-state index is 12.8. The fourth-order valence-corrected chi connectivity index (χ4v) is 2.20. The van der Waals surface area contributed by atoms with E-state index < -0.39 is 0 Å². The Morgan fingerprint density at radius 2 is 2.19 bits per heavy atom. The molecule has 116 valence electrons. The Morgan fingerprint density at radius 3 is 2.90 bits per heavy atom. The normalized spacial score (nSPS) is 19.2. The fraction of sp³-hybridized carbons (Fsp3) is 0.533. The molecule has 0 N–H and O–H groups in total. The van der Waals surface area contributed by atoms with Gasteiger partial charge in [0.1, 0.15) is 18.2 Å². The average Bonchev–Trinajstić information content (AvgIpc) is 2.49. The molecule has 1 aliphatic rings. The number of morpholine rings is 1. The van der Waals surface area contributed by atoms with Crippen LogP contribution in [0.3, 0.4) is 0 Å². The Balaban J connectivity index is 1.70. The van der Waals surface area contributed by atoms with Crippen molar-refractivity contribution >= 4 is 5.97 Å². The quantitative estimate of drug-likeness (QED) is 0.744. The molecule has 2 rings (SSSR count). The van der Waals surface area contributed by atoms with E-state index in [0.717, 1.165) is 13.1 Å². The highest BCUT2D eigenvalue weighted by molar-refractivity contribution is 5.69. The molecule has 0 radical (unpaired) electrons. The first-order chi connectivity index (χ1) is 10.2. The van der Waals surface area contributed by atoms with Crippen LogP contribution in [0.2, 0.25) is 0 Å². The third-order valence-electron chi connectivity index (χ3n) is 3.33. The third-order valence-corrected chi connectivity index (χ3v) is 3.33. The number of halogens is 1. The lowest BCUT2D eigenvalue weighted by molar-refractivity contribution is -0.145. The number of hydrogen-bond donors (Lipinski definition) is 0. The summed E-state index contributed by atoms with van der Waals surface area (Å²) in [5, 5.41) is 0. The summed E-state index contributed by atoms with van der Waals surface area (Å²) in [4.78, 5) is 13.4. The number of ether oxygens (including phenoxy) is 3. The maximum Gasteiger partial charge on any atom is 0.308 e. The molecule has 1 aromatic rings. The van der Waals surface area contributed by atoms with Crippen LogP contribution in [0.1, 0.15) is 6.42 Å². The summed E-state index contributed by atoms with van der Waals surface area (Å²) in [5.41, 5.74) is 0. The molecule has 6 heteroatoms. The van der Waals surface area contributed by atoms with E-state index >= 15 is 0 Å². The Bertz CT molecular complexity index is 451. The zero-order valence-electron chi connectivity index (χ0n) is 12.1. The van der Waals surface area contributed by atoms with Crippen molar-refractivity contribution in [3.8, 4) is 5.75 Å². The minimum Gasteiger partial charge on any atom is -0.492 e. The van der Waals surface area contributed by atoms with Crippen molar-refractivity contribution < 1.29 is 23.4 Å². The lowest BCUT2D eigenvalue weighted by Gasteiger charge is -2.32. The van der Waals surface area contributed by atoms with Crippen molar-refractivity contribution in [2.45, 2.75) is 12.5 Å². The molecule has 1 aliphatic heterocycles. The highest BCUT2D eigenvalue weighted by atomic mass is 19.1. The fourth-order valence-electron chi connectivity index (χ4n) is 2.20. The van der Waals surface area contributed by atoms with Gasteiger partial charge in [-0.15, -0.1) is 0 Å². The predicted molar refractivity (Wildman–Crippen MR) is 74.7 cm³/mol. The van der Waals surface area contributed by atoms with E-state index in [1.165, 1.54) is 19.2 Å². The van der Waals surface area contributed by atoms with Crippen molar-refractivity contribution in [3.05, 3.63) is 30.1 Å². The van der Waals surface area contributed by atoms with Gasteiger partial charge in [-0.25, -0.2) is 4.39 Å². The highest BCUT2D eigenvalue weighted by Gasteiger charge is 2.22. The van der Waals surface area contributed by atoms with Crippen molar-refractivity contribution in [1.82, 2.24) is 4.90 Å². The van der Waals surface area contributed by atoms with E-state index in [-0.39, 0.29) is 24.3 Å². The molecule has 0 aliphatic carbocycles. The Labute approximate surface area is 123 Å². The smallest absolute Gasteiger partial charge is 0.308 e. The molecule has 1 aromatic carbocycles. The van der Waals surface area contributed by atoms with Gasteiger partial charge in [-0.1, -0.05) is 0 Å². The number of carbonyl (C=O) groups excluding carboxylic acids is 1. The Kier molecular flexibility index (Phi) is 5.95. The van der Waals surface area contributed by atoms with Crippen LogP contribution in [0.25, 0.3) is 0 Å². The number of hydrogen-bond acceptors (Lipinski definition) is 5. The minimum absolute atomic E-state index is 0.128. The van der Waals surface area contributed by atoms with Gasteiger partial charge in [0.2, 0.25) is 0 Å². The van der Waals surface area contributed by atoms with Gasteiger partial charge >= 0.3 is 5.97 Å². The maximum atomic E-state index is 12.8. The highest BCUT2D eigenvalue weighted by Crippen LogP contribution is 2.12. The number of carbonyl (C=O) groups is 1. The lowest BCUT2D eigenvalue weighted by atomic mass is 10.2. The predicted octanol–water partition coefficient (Wildman–Crippen LogP) is 1.47. The summed E-state index contributed by atoms with van der Waals surface area (Å²) in [7, 11) is 1.37. The molecular formula is C15H20FNO4. The SMILES string of the molecule is COC(=O)CC1CN(CCOc2ccc(F)cc2)CCO1. The van der Waals surface area contributed by atoms with Gasteiger partial charge in [0.25, 0.3) is 0 Å². The lowest BCUT2D eigenvalue weighted by Crippen LogP contribution is -2.44. The largest absolute Gasteiger partial charge is 0.492 e. The van der Waals surface area contributed by atoms with Crippen molar-refractivity contribution in [3.63, 3.8) is 0 Å². The zero-order valence-corrected chi connectivity index (χ0v) is 12.1. The molecule has 0 saturated carbocycles. The molecule has 0 aromatic heterocycles. The molecule has 1 fully saturated rings. The molecule has 21 heavy (non-hydrogen) atoms. The molecule has 1 saturated heterocycles. The first-order valence-electron chi connectivity index (χ1n) is 6.96. The van der Waals surface area contributed by atoms with Gasteiger partial charge < -0.3 is 14.2 Å². The van der Waals surface area contributed by atoms with Gasteiger partial charge in [0.15, 0.2) is 0 Å². The number of methoxy groups -OCH3 is 1. The number of benzene rings is 1. The summed E-state index contributed by atoms with van der Waals surface area (Å²) in [6.45, 7) is 3.33. The van der Waals surface area contributed by atoms with Crippen molar-refractivity contribution in [2.75, 3.05) is 40.0 Å². The molecule has 1 heterocycles. The number of esters is 1. The molecule has 0 spiro atoms. The summed E-state index contributed by atoms with van der Waals surface area (Å²) >= 11 is 0. The van der Waals surface area contributed by atoms with E-state index in [2.05, 4.69) is 9.64 Å². The second-order valence-corrected chi connectivity index (χ2v) is 4.88. The van der Waals surface area contributed by atoms with Crippen LogP contribution in [0.15, 0.2) is 24.3 Å². The first-order valence-corrected chi connectivity index (χ1v) is 6.96. The zero-order chi connectivity index (χ0) is 15.1. The van der Waals surface area contributed by atoms with E-state index in [1.807, 2.05) is 0 Å². The molecule has 0 amide bonds. The minimum atomic E-state index is -0.277. The number of nitrogens with zero attached hydrogens (tertiary/aromatic N) is 1. The van der Waals surface area contributed by atoms with Gasteiger partial charge in [0, 0.05) is 19.6 Å². The Hall–Kier alpha value is -1.66. The summed E-state index contributed by atoms with van der Waals surface area (Å²) in [6.07, 6.45) is 0.142. The second kappa shape index (κ2) is 7.95. The molecule has 5 nitrogen and oxygen atoms in total. The van der Waals surface area contributed by atoms with Gasteiger partial charge in [-0.05, 0) is 24.3 Å². The van der Waals surface area contributed by atoms with Crippen LogP contribution in [-0.2, 0) is 14.3 Å². The molecule has 1 atom stereocenters. The monoisotopic (exact) mass is 297 g/mol. The number of rotatable bonds is 6. The third kappa shape index (κ3) is 5.32. The Morgan fingerprint density at radius 1 is 1.43 bits per heavy atom. The van der Waals surface area contributed by atoms with Gasteiger partial charge in [0.05, 0.1) is 26.2 Å². The average molecular weight is 297 g/mol. The van der Waals surface area contributed by atoms with Crippen LogP contribution in [0.4, 0.5) is 4.39 Å². The van der Waals surface area contributed by atoms with Gasteiger partial charge in [-0.3, -0.25) is 9.69 Å².